The van der Waals surface area contributed by atoms with Crippen LogP contribution in [0.3, 0.4) is 0 Å². The lowest BCUT2D eigenvalue weighted by molar-refractivity contribution is 0.461. The molecule has 0 aliphatic heterocycles. The molecule has 0 bridgehead atoms. The average molecular weight is 293 g/mol. The van der Waals surface area contributed by atoms with E-state index in [4.69, 9.17) is 27.9 Å². The van der Waals surface area contributed by atoms with Crippen molar-refractivity contribution in [1.29, 1.82) is 0 Å². The van der Waals surface area contributed by atoms with Crippen LogP contribution >= 0.6 is 23.2 Å². The summed E-state index contributed by atoms with van der Waals surface area (Å²) in [6, 6.07) is 12.9. The van der Waals surface area contributed by atoms with Crippen LogP contribution in [0.1, 0.15) is 5.69 Å². The fraction of sp³-hybridized carbons (Fsp3) is 0.0714. The van der Waals surface area contributed by atoms with Gasteiger partial charge in [0.25, 0.3) is 0 Å². The average Bonchev–Trinajstić information content (AvgIpc) is 2.75. The molecule has 0 aliphatic rings. The molecular weight excluding hydrogens is 283 g/mol. The molecule has 2 aromatic heterocycles. The second-order valence-corrected chi connectivity index (χ2v) is 4.69. The molecular formula is C14H10Cl2N2O. The van der Waals surface area contributed by atoms with Gasteiger partial charge in [0.05, 0.1) is 5.88 Å². The summed E-state index contributed by atoms with van der Waals surface area (Å²) in [5.74, 6) is 1.46. The Morgan fingerprint density at radius 3 is 2.84 bits per heavy atom. The largest absolute Gasteiger partial charge is 0.437 e. The maximum absolute atomic E-state index is 5.98. The Labute approximate surface area is 120 Å². The number of halogens is 2. The first kappa shape index (κ1) is 12.3. The second kappa shape index (κ2) is 5.11. The minimum atomic E-state index is 0.321. The zero-order valence-electron chi connectivity index (χ0n) is 9.88. The number of imidazole rings is 1. The van der Waals surface area contributed by atoms with Gasteiger partial charge in [-0.1, -0.05) is 23.7 Å². The number of fused-ring (bicyclic) bond motifs is 1. The standard InChI is InChI=1S/C14H10Cl2N2O/c15-9-12-14(17-13-6-1-2-7-18(12)13)19-11-5-3-4-10(16)8-11/h1-8H,9H2. The molecule has 0 aliphatic carbocycles. The molecule has 0 N–H and O–H groups in total. The minimum absolute atomic E-state index is 0.321. The van der Waals surface area contributed by atoms with E-state index in [1.54, 1.807) is 12.1 Å². The van der Waals surface area contributed by atoms with Crippen LogP contribution in [0.4, 0.5) is 0 Å². The van der Waals surface area contributed by atoms with Crippen molar-refractivity contribution in [2.75, 3.05) is 0 Å². The Kier molecular flexibility index (Phi) is 3.32. The van der Waals surface area contributed by atoms with E-state index in [2.05, 4.69) is 4.98 Å². The number of ether oxygens (including phenoxy) is 1. The van der Waals surface area contributed by atoms with Gasteiger partial charge in [0, 0.05) is 11.2 Å². The first-order valence-electron chi connectivity index (χ1n) is 5.73. The first-order valence-corrected chi connectivity index (χ1v) is 6.64. The Bertz CT molecular complexity index is 724. The van der Waals surface area contributed by atoms with E-state index in [-0.39, 0.29) is 0 Å². The highest BCUT2D eigenvalue weighted by atomic mass is 35.5. The van der Waals surface area contributed by atoms with Gasteiger partial charge in [-0.05, 0) is 30.3 Å². The van der Waals surface area contributed by atoms with E-state index in [0.29, 0.717) is 22.5 Å². The summed E-state index contributed by atoms with van der Waals surface area (Å²) < 4.78 is 7.67. The summed E-state index contributed by atoms with van der Waals surface area (Å²) in [5.41, 5.74) is 1.62. The number of hydrogen-bond acceptors (Lipinski definition) is 2. The maximum atomic E-state index is 5.98. The van der Waals surface area contributed by atoms with Crippen LogP contribution in [0, 0.1) is 0 Å². The van der Waals surface area contributed by atoms with Gasteiger partial charge in [-0.3, -0.25) is 4.40 Å². The van der Waals surface area contributed by atoms with Gasteiger partial charge in [-0.15, -0.1) is 11.6 Å². The summed E-state index contributed by atoms with van der Waals surface area (Å²) in [6.07, 6.45) is 1.91. The number of rotatable bonds is 3. The molecule has 3 aromatic rings. The molecule has 0 unspecified atom stereocenters. The topological polar surface area (TPSA) is 26.5 Å². The van der Waals surface area contributed by atoms with Crippen LogP contribution in [0.5, 0.6) is 11.6 Å². The Morgan fingerprint density at radius 1 is 1.16 bits per heavy atom. The van der Waals surface area contributed by atoms with E-state index in [9.17, 15) is 0 Å². The predicted molar refractivity (Wildman–Crippen MR) is 76.3 cm³/mol. The summed E-state index contributed by atoms with van der Waals surface area (Å²) in [6.45, 7) is 0. The summed E-state index contributed by atoms with van der Waals surface area (Å²) >= 11 is 11.9. The number of aromatic nitrogens is 2. The summed E-state index contributed by atoms with van der Waals surface area (Å²) in [5, 5.41) is 0.619. The van der Waals surface area contributed by atoms with Crippen molar-refractivity contribution in [2.24, 2.45) is 0 Å². The van der Waals surface area contributed by atoms with Crippen LogP contribution in [-0.4, -0.2) is 9.38 Å². The van der Waals surface area contributed by atoms with Crippen molar-refractivity contribution in [2.45, 2.75) is 5.88 Å². The molecule has 96 valence electrons. The molecule has 3 rings (SSSR count). The third kappa shape index (κ3) is 2.39. The fourth-order valence-corrected chi connectivity index (χ4v) is 2.29. The molecule has 0 atom stereocenters. The molecule has 0 spiro atoms. The van der Waals surface area contributed by atoms with Gasteiger partial charge in [0.15, 0.2) is 0 Å². The lowest BCUT2D eigenvalue weighted by Gasteiger charge is -2.04. The molecule has 0 saturated heterocycles. The van der Waals surface area contributed by atoms with Crippen molar-refractivity contribution in [3.05, 3.63) is 59.4 Å². The third-order valence-electron chi connectivity index (χ3n) is 2.73. The molecule has 0 saturated carbocycles. The molecule has 19 heavy (non-hydrogen) atoms. The quantitative estimate of drug-likeness (QED) is 0.664. The second-order valence-electron chi connectivity index (χ2n) is 3.99. The smallest absolute Gasteiger partial charge is 0.242 e. The van der Waals surface area contributed by atoms with E-state index in [0.717, 1.165) is 11.3 Å². The van der Waals surface area contributed by atoms with E-state index >= 15 is 0 Å². The number of benzene rings is 1. The Balaban J connectivity index is 2.05. The maximum Gasteiger partial charge on any atom is 0.242 e. The SMILES string of the molecule is ClCc1c(Oc2cccc(Cl)c2)nc2ccccn12. The highest BCUT2D eigenvalue weighted by molar-refractivity contribution is 6.30. The zero-order valence-corrected chi connectivity index (χ0v) is 11.4. The highest BCUT2D eigenvalue weighted by Crippen LogP contribution is 2.28. The molecule has 5 heteroatoms. The molecule has 0 amide bonds. The number of hydrogen-bond donors (Lipinski definition) is 0. The predicted octanol–water partition coefficient (Wildman–Crippen LogP) is 4.52. The van der Waals surface area contributed by atoms with Gasteiger partial charge >= 0.3 is 0 Å². The van der Waals surface area contributed by atoms with Crippen molar-refractivity contribution in [3.63, 3.8) is 0 Å². The lowest BCUT2D eigenvalue weighted by Crippen LogP contribution is -1.91. The van der Waals surface area contributed by atoms with E-state index in [1.807, 2.05) is 40.9 Å². The zero-order chi connectivity index (χ0) is 13.2. The molecule has 0 fully saturated rings. The molecule has 3 nitrogen and oxygen atoms in total. The van der Waals surface area contributed by atoms with E-state index < -0.39 is 0 Å². The van der Waals surface area contributed by atoms with Crippen LogP contribution in [-0.2, 0) is 5.88 Å². The van der Waals surface area contributed by atoms with Crippen molar-refractivity contribution in [1.82, 2.24) is 9.38 Å². The van der Waals surface area contributed by atoms with Crippen LogP contribution in [0.2, 0.25) is 5.02 Å². The fourth-order valence-electron chi connectivity index (χ4n) is 1.87. The third-order valence-corrected chi connectivity index (χ3v) is 3.22. The number of nitrogens with zero attached hydrogens (tertiary/aromatic N) is 2. The van der Waals surface area contributed by atoms with Gasteiger partial charge in [-0.25, -0.2) is 0 Å². The molecule has 1 aromatic carbocycles. The van der Waals surface area contributed by atoms with Gasteiger partial charge in [0.1, 0.15) is 17.1 Å². The lowest BCUT2D eigenvalue weighted by atomic mass is 10.3. The summed E-state index contributed by atoms with van der Waals surface area (Å²) in [7, 11) is 0. The number of alkyl halides is 1. The first-order chi connectivity index (χ1) is 9.28. The van der Waals surface area contributed by atoms with Crippen LogP contribution in [0.25, 0.3) is 5.65 Å². The van der Waals surface area contributed by atoms with Crippen molar-refractivity contribution >= 4 is 28.8 Å². The van der Waals surface area contributed by atoms with Gasteiger partial charge in [0.2, 0.25) is 5.88 Å². The van der Waals surface area contributed by atoms with E-state index in [1.165, 1.54) is 0 Å². The Morgan fingerprint density at radius 2 is 2.05 bits per heavy atom. The Hall–Kier alpha value is -1.71. The van der Waals surface area contributed by atoms with Crippen molar-refractivity contribution in [3.8, 4) is 11.6 Å². The van der Waals surface area contributed by atoms with Crippen molar-refractivity contribution < 1.29 is 4.74 Å². The summed E-state index contributed by atoms with van der Waals surface area (Å²) in [4.78, 5) is 4.42. The van der Waals surface area contributed by atoms with Crippen LogP contribution in [0.15, 0.2) is 48.7 Å². The van der Waals surface area contributed by atoms with Gasteiger partial charge < -0.3 is 4.74 Å². The minimum Gasteiger partial charge on any atom is -0.437 e. The molecule has 2 heterocycles. The monoisotopic (exact) mass is 292 g/mol. The molecule has 0 radical (unpaired) electrons. The van der Waals surface area contributed by atoms with Crippen LogP contribution < -0.4 is 4.74 Å². The highest BCUT2D eigenvalue weighted by Gasteiger charge is 2.13. The number of pyridine rings is 1. The van der Waals surface area contributed by atoms with Gasteiger partial charge in [-0.2, -0.15) is 4.98 Å². The normalized spacial score (nSPS) is 10.8.